The molecule has 2 aromatic rings. The summed E-state index contributed by atoms with van der Waals surface area (Å²) < 4.78 is 5.14. The van der Waals surface area contributed by atoms with Crippen LogP contribution in [0.1, 0.15) is 18.5 Å². The predicted molar refractivity (Wildman–Crippen MR) is 90.0 cm³/mol. The molecule has 122 valence electrons. The average Bonchev–Trinajstić information content (AvgIpc) is 2.60. The van der Waals surface area contributed by atoms with E-state index in [0.29, 0.717) is 17.0 Å². The molecular weight excluding hydrogens is 306 g/mol. The Morgan fingerprint density at radius 3 is 2.25 bits per heavy atom. The Morgan fingerprint density at radius 2 is 1.71 bits per heavy atom. The van der Waals surface area contributed by atoms with Gasteiger partial charge in [0.25, 0.3) is 5.91 Å². The molecule has 2 aromatic carbocycles. The molecule has 0 spiro atoms. The van der Waals surface area contributed by atoms with E-state index in [0.717, 1.165) is 5.56 Å². The third-order valence-electron chi connectivity index (χ3n) is 4.17. The lowest BCUT2D eigenvalue weighted by molar-refractivity contribution is -0.133. The zero-order valence-corrected chi connectivity index (χ0v) is 13.4. The van der Waals surface area contributed by atoms with Crippen LogP contribution in [-0.4, -0.2) is 24.1 Å². The van der Waals surface area contributed by atoms with Gasteiger partial charge >= 0.3 is 5.97 Å². The second-order valence-electron chi connectivity index (χ2n) is 5.53. The Balaban J connectivity index is 2.07. The molecule has 1 saturated heterocycles. The van der Waals surface area contributed by atoms with Crippen LogP contribution in [-0.2, 0) is 9.59 Å². The first-order chi connectivity index (χ1) is 11.5. The summed E-state index contributed by atoms with van der Waals surface area (Å²) >= 11 is 0. The van der Waals surface area contributed by atoms with Crippen LogP contribution >= 0.6 is 0 Å². The summed E-state index contributed by atoms with van der Waals surface area (Å²) in [5.74, 6) is -0.664. The highest BCUT2D eigenvalue weighted by atomic mass is 16.5. The fourth-order valence-electron chi connectivity index (χ4n) is 2.87. The number of rotatable bonds is 4. The van der Waals surface area contributed by atoms with E-state index in [4.69, 9.17) is 4.74 Å². The Labute approximate surface area is 139 Å². The van der Waals surface area contributed by atoms with E-state index in [9.17, 15) is 14.7 Å². The molecule has 5 heteroatoms. The first-order valence-corrected chi connectivity index (χ1v) is 7.51. The smallest absolute Gasteiger partial charge is 0.331 e. The number of carbonyl (C=O) groups is 2. The fraction of sp³-hybridized carbons (Fsp3) is 0.158. The van der Waals surface area contributed by atoms with Crippen molar-refractivity contribution in [2.24, 2.45) is 0 Å². The number of amides is 1. The van der Waals surface area contributed by atoms with Crippen LogP contribution in [0.4, 0.5) is 5.69 Å². The predicted octanol–water partition coefficient (Wildman–Crippen LogP) is 3.18. The Hall–Kier alpha value is -3.08. The molecule has 3 rings (SSSR count). The zero-order valence-electron chi connectivity index (χ0n) is 13.4. The highest BCUT2D eigenvalue weighted by Crippen LogP contribution is 2.44. The second-order valence-corrected chi connectivity index (χ2v) is 5.53. The summed E-state index contributed by atoms with van der Waals surface area (Å²) in [6.45, 7) is 1.47. The van der Waals surface area contributed by atoms with Crippen LogP contribution in [0.5, 0.6) is 5.75 Å². The summed E-state index contributed by atoms with van der Waals surface area (Å²) in [7, 11) is 1.58. The van der Waals surface area contributed by atoms with Crippen molar-refractivity contribution in [1.82, 2.24) is 0 Å². The van der Waals surface area contributed by atoms with E-state index in [2.05, 4.69) is 0 Å². The van der Waals surface area contributed by atoms with Gasteiger partial charge in [0.1, 0.15) is 5.75 Å². The highest BCUT2D eigenvalue weighted by molar-refractivity contribution is 6.18. The number of benzene rings is 2. The lowest BCUT2D eigenvalue weighted by Gasteiger charge is -2.43. The maximum atomic E-state index is 12.6. The topological polar surface area (TPSA) is 66.8 Å². The number of carboxylic acid groups (broad SMARTS) is 1. The second kappa shape index (κ2) is 6.20. The Morgan fingerprint density at radius 1 is 1.08 bits per heavy atom. The first-order valence-electron chi connectivity index (χ1n) is 7.51. The van der Waals surface area contributed by atoms with Gasteiger partial charge in [0, 0.05) is 11.3 Å². The van der Waals surface area contributed by atoms with Crippen LogP contribution in [0.25, 0.3) is 0 Å². The summed E-state index contributed by atoms with van der Waals surface area (Å²) in [5, 5.41) is 9.28. The maximum Gasteiger partial charge on any atom is 0.331 e. The summed E-state index contributed by atoms with van der Waals surface area (Å²) in [5.41, 5.74) is 1.99. The number of carboxylic acids is 1. The molecule has 0 bridgehead atoms. The third kappa shape index (κ3) is 2.54. The van der Waals surface area contributed by atoms with Crippen molar-refractivity contribution in [3.05, 3.63) is 71.3 Å². The zero-order chi connectivity index (χ0) is 17.3. The molecule has 0 radical (unpaired) electrons. The van der Waals surface area contributed by atoms with Gasteiger partial charge in [0.15, 0.2) is 0 Å². The van der Waals surface area contributed by atoms with Crippen molar-refractivity contribution in [2.75, 3.05) is 12.0 Å². The monoisotopic (exact) mass is 323 g/mol. The molecule has 1 aliphatic rings. The Bertz CT molecular complexity index is 809. The van der Waals surface area contributed by atoms with E-state index < -0.39 is 12.0 Å². The van der Waals surface area contributed by atoms with E-state index in [1.807, 2.05) is 30.3 Å². The van der Waals surface area contributed by atoms with Gasteiger partial charge < -0.3 is 9.84 Å². The minimum atomic E-state index is -1.08. The number of β-lactam (4-membered cyclic amide) rings is 1. The van der Waals surface area contributed by atoms with Gasteiger partial charge in [-0.3, -0.25) is 9.69 Å². The molecule has 1 fully saturated rings. The Kier molecular flexibility index (Phi) is 4.08. The van der Waals surface area contributed by atoms with E-state index in [1.54, 1.807) is 36.3 Å². The summed E-state index contributed by atoms with van der Waals surface area (Å²) in [4.78, 5) is 25.6. The molecule has 1 amide bonds. The highest BCUT2D eigenvalue weighted by Gasteiger charge is 2.46. The van der Waals surface area contributed by atoms with Crippen LogP contribution in [0, 0.1) is 0 Å². The van der Waals surface area contributed by atoms with Gasteiger partial charge in [0.05, 0.1) is 18.7 Å². The van der Waals surface area contributed by atoms with Crippen molar-refractivity contribution < 1.29 is 19.4 Å². The van der Waals surface area contributed by atoms with E-state index >= 15 is 0 Å². The van der Waals surface area contributed by atoms with E-state index in [1.165, 1.54) is 6.92 Å². The number of ether oxygens (including phenoxy) is 1. The van der Waals surface area contributed by atoms with Gasteiger partial charge in [-0.1, -0.05) is 30.3 Å². The fourth-order valence-corrected chi connectivity index (χ4v) is 2.87. The molecule has 1 atom stereocenters. The number of methoxy groups -OCH3 is 1. The number of hydrogen-bond acceptors (Lipinski definition) is 3. The van der Waals surface area contributed by atoms with Crippen LogP contribution in [0.3, 0.4) is 0 Å². The van der Waals surface area contributed by atoms with E-state index in [-0.39, 0.29) is 11.5 Å². The van der Waals surface area contributed by atoms with Crippen molar-refractivity contribution in [2.45, 2.75) is 13.0 Å². The van der Waals surface area contributed by atoms with Gasteiger partial charge in [-0.25, -0.2) is 4.79 Å². The average molecular weight is 323 g/mol. The van der Waals surface area contributed by atoms with Crippen molar-refractivity contribution >= 4 is 17.6 Å². The van der Waals surface area contributed by atoms with Crippen molar-refractivity contribution in [3.63, 3.8) is 0 Å². The van der Waals surface area contributed by atoms with Gasteiger partial charge in [-0.15, -0.1) is 0 Å². The van der Waals surface area contributed by atoms with Gasteiger partial charge in [-0.2, -0.15) is 0 Å². The molecule has 5 nitrogen and oxygen atoms in total. The molecule has 1 unspecified atom stereocenters. The lowest BCUT2D eigenvalue weighted by atomic mass is 9.84. The molecular formula is C19H17NO4. The normalized spacial score (nSPS) is 18.8. The molecule has 0 aliphatic carbocycles. The van der Waals surface area contributed by atoms with Crippen LogP contribution in [0.15, 0.2) is 65.7 Å². The van der Waals surface area contributed by atoms with Gasteiger partial charge in [-0.05, 0) is 36.8 Å². The number of carbonyl (C=O) groups excluding carboxylic acids is 1. The molecule has 24 heavy (non-hydrogen) atoms. The number of aliphatic carboxylic acids is 1. The largest absolute Gasteiger partial charge is 0.497 e. The van der Waals surface area contributed by atoms with Crippen molar-refractivity contribution in [3.8, 4) is 5.75 Å². The number of hydrogen-bond donors (Lipinski definition) is 1. The number of anilines is 1. The molecule has 1 heterocycles. The van der Waals surface area contributed by atoms with Crippen LogP contribution < -0.4 is 9.64 Å². The minimum absolute atomic E-state index is 0.0821. The maximum absolute atomic E-state index is 12.6. The number of nitrogens with zero attached hydrogens (tertiary/aromatic N) is 1. The van der Waals surface area contributed by atoms with Gasteiger partial charge in [0.2, 0.25) is 0 Å². The summed E-state index contributed by atoms with van der Waals surface area (Å²) in [6.07, 6.45) is 0. The lowest BCUT2D eigenvalue weighted by Crippen LogP contribution is -2.50. The standard InChI is InChI=1S/C19H17NO4/c1-12(19(22)23)16-17(13-6-4-3-5-7-13)20(18(16)21)14-8-10-15(24-2)11-9-14/h3-11,17H,1-2H3,(H,22,23). The molecule has 1 aliphatic heterocycles. The molecule has 0 saturated carbocycles. The van der Waals surface area contributed by atoms with Crippen molar-refractivity contribution in [1.29, 1.82) is 0 Å². The molecule has 0 aromatic heterocycles. The quantitative estimate of drug-likeness (QED) is 0.693. The first kappa shape index (κ1) is 15.8. The van der Waals surface area contributed by atoms with Crippen LogP contribution in [0.2, 0.25) is 0 Å². The summed E-state index contributed by atoms with van der Waals surface area (Å²) in [6, 6.07) is 16.1. The third-order valence-corrected chi connectivity index (χ3v) is 4.17. The SMILES string of the molecule is COc1ccc(N2C(=O)C(=C(C)C(=O)O)C2c2ccccc2)cc1. The minimum Gasteiger partial charge on any atom is -0.497 e. The molecule has 1 N–H and O–H groups in total.